The monoisotopic (exact) mass is 323 g/mol. The first-order valence-electron chi connectivity index (χ1n) is 7.69. The fourth-order valence-corrected chi connectivity index (χ4v) is 2.05. The summed E-state index contributed by atoms with van der Waals surface area (Å²) in [5.41, 5.74) is 0.379. The molecule has 0 heterocycles. The summed E-state index contributed by atoms with van der Waals surface area (Å²) in [5, 5.41) is 11.7. The maximum absolute atomic E-state index is 12.2. The maximum atomic E-state index is 12.2. The molecule has 0 radical (unpaired) electrons. The standard InChI is InChI=1S/C17H25NO5/c1-12(2)10-15(17(20)21)18-16(19)13-6-4-7-14(11-13)23-9-5-8-22-3/h4,6-7,11-12,15H,5,8-10H2,1-3H3,(H,18,19)(H,20,21)/t15-/m1/s1. The van der Waals surface area contributed by atoms with Crippen molar-refractivity contribution in [2.75, 3.05) is 20.3 Å². The number of carbonyl (C=O) groups excluding carboxylic acids is 1. The average Bonchev–Trinajstić information content (AvgIpc) is 2.50. The van der Waals surface area contributed by atoms with Crippen molar-refractivity contribution >= 4 is 11.9 Å². The molecule has 6 nitrogen and oxygen atoms in total. The van der Waals surface area contributed by atoms with Crippen molar-refractivity contribution in [3.63, 3.8) is 0 Å². The average molecular weight is 323 g/mol. The number of carbonyl (C=O) groups is 2. The first kappa shape index (κ1) is 19.0. The largest absolute Gasteiger partial charge is 0.493 e. The van der Waals surface area contributed by atoms with Gasteiger partial charge in [0, 0.05) is 25.7 Å². The number of ether oxygens (including phenoxy) is 2. The second kappa shape index (κ2) is 9.84. The van der Waals surface area contributed by atoms with Crippen molar-refractivity contribution in [1.29, 1.82) is 0 Å². The Morgan fingerprint density at radius 3 is 2.61 bits per heavy atom. The second-order valence-electron chi connectivity index (χ2n) is 5.72. The van der Waals surface area contributed by atoms with E-state index in [4.69, 9.17) is 9.47 Å². The van der Waals surface area contributed by atoms with Crippen LogP contribution in [0.5, 0.6) is 5.75 Å². The predicted molar refractivity (Wildman–Crippen MR) is 86.8 cm³/mol. The Morgan fingerprint density at radius 1 is 1.26 bits per heavy atom. The molecule has 1 rings (SSSR count). The number of hydrogen-bond donors (Lipinski definition) is 2. The molecule has 1 atom stereocenters. The summed E-state index contributed by atoms with van der Waals surface area (Å²) in [6.07, 6.45) is 1.14. The highest BCUT2D eigenvalue weighted by Gasteiger charge is 2.21. The SMILES string of the molecule is COCCCOc1cccc(C(=O)N[C@H](CC(C)C)C(=O)O)c1. The molecule has 128 valence electrons. The van der Waals surface area contributed by atoms with Crippen molar-refractivity contribution in [3.05, 3.63) is 29.8 Å². The molecule has 0 aromatic heterocycles. The number of methoxy groups -OCH3 is 1. The van der Waals surface area contributed by atoms with Crippen LogP contribution in [0.1, 0.15) is 37.0 Å². The molecule has 0 aliphatic heterocycles. The number of benzene rings is 1. The van der Waals surface area contributed by atoms with E-state index in [0.29, 0.717) is 30.9 Å². The van der Waals surface area contributed by atoms with Gasteiger partial charge in [-0.05, 0) is 30.5 Å². The molecule has 0 bridgehead atoms. The minimum Gasteiger partial charge on any atom is -0.493 e. The Labute approximate surface area is 136 Å². The Kier molecular flexibility index (Phi) is 8.11. The van der Waals surface area contributed by atoms with Gasteiger partial charge in [-0.15, -0.1) is 0 Å². The van der Waals surface area contributed by atoms with Gasteiger partial charge in [-0.25, -0.2) is 4.79 Å². The molecule has 0 unspecified atom stereocenters. The molecular weight excluding hydrogens is 298 g/mol. The summed E-state index contributed by atoms with van der Waals surface area (Å²) < 4.78 is 10.5. The van der Waals surface area contributed by atoms with Crippen molar-refractivity contribution < 1.29 is 24.2 Å². The van der Waals surface area contributed by atoms with Crippen molar-refractivity contribution in [3.8, 4) is 5.75 Å². The van der Waals surface area contributed by atoms with Gasteiger partial charge in [0.15, 0.2) is 0 Å². The van der Waals surface area contributed by atoms with Crippen LogP contribution < -0.4 is 10.1 Å². The molecule has 0 saturated heterocycles. The van der Waals surface area contributed by atoms with E-state index in [9.17, 15) is 14.7 Å². The van der Waals surface area contributed by atoms with Crippen LogP contribution in [-0.4, -0.2) is 43.3 Å². The summed E-state index contributed by atoms with van der Waals surface area (Å²) in [5.74, 6) is -0.698. The highest BCUT2D eigenvalue weighted by atomic mass is 16.5. The van der Waals surface area contributed by atoms with Crippen molar-refractivity contribution in [2.24, 2.45) is 5.92 Å². The lowest BCUT2D eigenvalue weighted by atomic mass is 10.0. The first-order valence-corrected chi connectivity index (χ1v) is 7.69. The number of aliphatic carboxylic acids is 1. The molecule has 1 aromatic carbocycles. The summed E-state index contributed by atoms with van der Waals surface area (Å²) in [6.45, 7) is 4.92. The zero-order valence-electron chi connectivity index (χ0n) is 13.9. The van der Waals surface area contributed by atoms with Gasteiger partial charge in [0.2, 0.25) is 0 Å². The van der Waals surface area contributed by atoms with Gasteiger partial charge in [-0.2, -0.15) is 0 Å². The normalized spacial score (nSPS) is 12.0. The van der Waals surface area contributed by atoms with Gasteiger partial charge < -0.3 is 19.9 Å². The summed E-state index contributed by atoms with van der Waals surface area (Å²) in [4.78, 5) is 23.4. The van der Waals surface area contributed by atoms with Crippen LogP contribution >= 0.6 is 0 Å². The second-order valence-corrected chi connectivity index (χ2v) is 5.72. The van der Waals surface area contributed by atoms with Crippen LogP contribution in [0.4, 0.5) is 0 Å². The molecule has 2 N–H and O–H groups in total. The van der Waals surface area contributed by atoms with E-state index >= 15 is 0 Å². The number of hydrogen-bond acceptors (Lipinski definition) is 4. The first-order chi connectivity index (χ1) is 10.9. The smallest absolute Gasteiger partial charge is 0.326 e. The van der Waals surface area contributed by atoms with E-state index < -0.39 is 17.9 Å². The number of nitrogens with one attached hydrogen (secondary N) is 1. The molecule has 1 amide bonds. The van der Waals surface area contributed by atoms with Crippen LogP contribution in [0.3, 0.4) is 0 Å². The fraction of sp³-hybridized carbons (Fsp3) is 0.529. The third-order valence-corrected chi connectivity index (χ3v) is 3.17. The zero-order chi connectivity index (χ0) is 17.2. The molecule has 23 heavy (non-hydrogen) atoms. The van der Waals surface area contributed by atoms with Crippen LogP contribution in [0.25, 0.3) is 0 Å². The Bertz CT molecular complexity index is 515. The molecular formula is C17H25NO5. The number of rotatable bonds is 10. The lowest BCUT2D eigenvalue weighted by Crippen LogP contribution is -2.41. The lowest BCUT2D eigenvalue weighted by Gasteiger charge is -2.16. The van der Waals surface area contributed by atoms with Gasteiger partial charge in [0.05, 0.1) is 6.61 Å². The Morgan fingerprint density at radius 2 is 2.00 bits per heavy atom. The molecule has 0 aliphatic rings. The van der Waals surface area contributed by atoms with E-state index in [1.54, 1.807) is 31.4 Å². The molecule has 0 aliphatic carbocycles. The van der Waals surface area contributed by atoms with E-state index in [2.05, 4.69) is 5.32 Å². The summed E-state index contributed by atoms with van der Waals surface area (Å²) in [6, 6.07) is 5.81. The maximum Gasteiger partial charge on any atom is 0.326 e. The van der Waals surface area contributed by atoms with Crippen molar-refractivity contribution in [1.82, 2.24) is 5.32 Å². The van der Waals surface area contributed by atoms with E-state index in [-0.39, 0.29) is 5.92 Å². The highest BCUT2D eigenvalue weighted by Crippen LogP contribution is 2.14. The van der Waals surface area contributed by atoms with Gasteiger partial charge in [-0.1, -0.05) is 19.9 Å². The number of carboxylic acids is 1. The highest BCUT2D eigenvalue weighted by molar-refractivity contribution is 5.96. The number of carboxylic acid groups (broad SMARTS) is 1. The third-order valence-electron chi connectivity index (χ3n) is 3.17. The van der Waals surface area contributed by atoms with E-state index in [0.717, 1.165) is 6.42 Å². The van der Waals surface area contributed by atoms with Crippen LogP contribution in [0.2, 0.25) is 0 Å². The van der Waals surface area contributed by atoms with Gasteiger partial charge >= 0.3 is 5.97 Å². The third kappa shape index (κ3) is 7.15. The minimum atomic E-state index is -1.03. The molecule has 0 fully saturated rings. The minimum absolute atomic E-state index is 0.173. The summed E-state index contributed by atoms with van der Waals surface area (Å²) in [7, 11) is 1.63. The quantitative estimate of drug-likeness (QED) is 0.646. The van der Waals surface area contributed by atoms with Gasteiger partial charge in [-0.3, -0.25) is 4.79 Å². The molecule has 1 aromatic rings. The van der Waals surface area contributed by atoms with Crippen LogP contribution in [0, 0.1) is 5.92 Å². The topological polar surface area (TPSA) is 84.9 Å². The van der Waals surface area contributed by atoms with E-state index in [1.165, 1.54) is 0 Å². The predicted octanol–water partition coefficient (Wildman–Crippen LogP) is 2.33. The van der Waals surface area contributed by atoms with Crippen LogP contribution in [-0.2, 0) is 9.53 Å². The molecule has 0 saturated carbocycles. The van der Waals surface area contributed by atoms with E-state index in [1.807, 2.05) is 13.8 Å². The molecule has 0 spiro atoms. The lowest BCUT2D eigenvalue weighted by molar-refractivity contribution is -0.139. The summed E-state index contributed by atoms with van der Waals surface area (Å²) >= 11 is 0. The van der Waals surface area contributed by atoms with Crippen molar-refractivity contribution in [2.45, 2.75) is 32.7 Å². The Hall–Kier alpha value is -2.08. The zero-order valence-corrected chi connectivity index (χ0v) is 13.9. The van der Waals surface area contributed by atoms with Gasteiger partial charge in [0.1, 0.15) is 11.8 Å². The van der Waals surface area contributed by atoms with Crippen LogP contribution in [0.15, 0.2) is 24.3 Å². The molecule has 6 heteroatoms. The number of amides is 1. The Balaban J connectivity index is 2.66. The fourth-order valence-electron chi connectivity index (χ4n) is 2.05. The van der Waals surface area contributed by atoms with Gasteiger partial charge in [0.25, 0.3) is 5.91 Å².